The second-order valence-corrected chi connectivity index (χ2v) is 11.3. The molecule has 0 aromatic heterocycles. The molecule has 0 aliphatic rings. The maximum Gasteiger partial charge on any atom is 0.308 e. The third-order valence-electron chi connectivity index (χ3n) is 7.32. The van der Waals surface area contributed by atoms with E-state index < -0.39 is 0 Å². The third kappa shape index (κ3) is 9.87. The molecule has 0 aliphatic heterocycles. The van der Waals surface area contributed by atoms with Crippen LogP contribution in [0.2, 0.25) is 0 Å². The highest BCUT2D eigenvalue weighted by Gasteiger charge is 2.22. The highest BCUT2D eigenvalue weighted by molar-refractivity contribution is 5.90. The minimum absolute atomic E-state index is 0.0734. The summed E-state index contributed by atoms with van der Waals surface area (Å²) in [6.45, 7) is 8.57. The minimum atomic E-state index is -0.296. The lowest BCUT2D eigenvalue weighted by atomic mass is 9.78. The molecular formula is C41H38O6. The van der Waals surface area contributed by atoms with Crippen molar-refractivity contribution in [3.05, 3.63) is 151 Å². The first-order chi connectivity index (χ1) is 22.5. The van der Waals surface area contributed by atoms with E-state index in [1.54, 1.807) is 12.1 Å². The zero-order chi connectivity index (χ0) is 33.8. The average Bonchev–Trinajstić information content (AvgIpc) is 3.05. The molecule has 0 atom stereocenters. The quantitative estimate of drug-likeness (QED) is 0.140. The normalized spacial score (nSPS) is 10.5. The topological polar surface area (TPSA) is 78.9 Å². The SMILES string of the molecule is CC(=O)Oc1ccc(C(C)(C)c2ccccc2)cc1.CC(=O)Oc1ccc2ccccc2c1.CC(=O)Oc1cccc2ccccc12. The summed E-state index contributed by atoms with van der Waals surface area (Å²) >= 11 is 0. The van der Waals surface area contributed by atoms with E-state index in [4.69, 9.17) is 14.2 Å². The van der Waals surface area contributed by atoms with Gasteiger partial charge in [0.1, 0.15) is 17.2 Å². The Hall–Kier alpha value is -5.75. The van der Waals surface area contributed by atoms with Crippen molar-refractivity contribution < 1.29 is 28.6 Å². The monoisotopic (exact) mass is 626 g/mol. The number of carbonyl (C=O) groups excluding carboxylic acids is 3. The van der Waals surface area contributed by atoms with Gasteiger partial charge in [-0.1, -0.05) is 123 Å². The number of esters is 3. The van der Waals surface area contributed by atoms with Gasteiger partial charge in [0.05, 0.1) is 0 Å². The zero-order valence-electron chi connectivity index (χ0n) is 27.2. The molecule has 47 heavy (non-hydrogen) atoms. The number of fused-ring (bicyclic) bond motifs is 2. The Balaban J connectivity index is 0.000000162. The number of ether oxygens (including phenoxy) is 3. The van der Waals surface area contributed by atoms with Gasteiger partial charge in [0.2, 0.25) is 0 Å². The van der Waals surface area contributed by atoms with E-state index in [1.807, 2.05) is 115 Å². The Morgan fingerprint density at radius 1 is 0.447 bits per heavy atom. The predicted molar refractivity (Wildman–Crippen MR) is 187 cm³/mol. The van der Waals surface area contributed by atoms with Crippen LogP contribution in [-0.4, -0.2) is 17.9 Å². The van der Waals surface area contributed by atoms with Gasteiger partial charge in [-0.25, -0.2) is 0 Å². The van der Waals surface area contributed by atoms with Gasteiger partial charge in [-0.2, -0.15) is 0 Å². The van der Waals surface area contributed by atoms with Crippen LogP contribution in [0.1, 0.15) is 45.7 Å². The van der Waals surface area contributed by atoms with Crippen LogP contribution in [0.5, 0.6) is 17.2 Å². The van der Waals surface area contributed by atoms with Crippen molar-refractivity contribution >= 4 is 39.5 Å². The molecule has 0 spiro atoms. The largest absolute Gasteiger partial charge is 0.427 e. The summed E-state index contributed by atoms with van der Waals surface area (Å²) in [4.78, 5) is 32.5. The Labute approximate surface area is 275 Å². The van der Waals surface area contributed by atoms with E-state index in [0.29, 0.717) is 17.2 Å². The van der Waals surface area contributed by atoms with Gasteiger partial charge >= 0.3 is 17.9 Å². The van der Waals surface area contributed by atoms with Gasteiger partial charge in [-0.15, -0.1) is 0 Å². The molecule has 0 heterocycles. The molecule has 6 aromatic carbocycles. The van der Waals surface area contributed by atoms with E-state index in [0.717, 1.165) is 21.5 Å². The summed E-state index contributed by atoms with van der Waals surface area (Å²) in [6.07, 6.45) is 0. The van der Waals surface area contributed by atoms with Crippen molar-refractivity contribution in [1.29, 1.82) is 0 Å². The first-order valence-electron chi connectivity index (χ1n) is 15.2. The standard InChI is InChI=1S/C17H18O2.2C12H10O2/c1-13(18)19-16-11-9-15(10-12-16)17(2,3)14-7-5-4-6-8-14;1-9(13)14-12-8-4-6-10-5-2-3-7-11(10)12;1-9(13)14-12-7-6-10-4-2-3-5-11(10)8-12/h4-12H,1-3H3;2*2-8H,1H3. The molecule has 0 amide bonds. The molecule has 0 unspecified atom stereocenters. The van der Waals surface area contributed by atoms with Gasteiger partial charge in [-0.05, 0) is 57.6 Å². The fraction of sp³-hybridized carbons (Fsp3) is 0.146. The van der Waals surface area contributed by atoms with Crippen LogP contribution in [-0.2, 0) is 19.8 Å². The first-order valence-corrected chi connectivity index (χ1v) is 15.2. The van der Waals surface area contributed by atoms with Crippen molar-refractivity contribution in [3.63, 3.8) is 0 Å². The van der Waals surface area contributed by atoms with Crippen LogP contribution in [0.25, 0.3) is 21.5 Å². The Kier molecular flexibility index (Phi) is 11.6. The summed E-state index contributed by atoms with van der Waals surface area (Å²) in [6, 6.07) is 45.0. The van der Waals surface area contributed by atoms with Crippen LogP contribution >= 0.6 is 0 Å². The molecule has 6 rings (SSSR count). The molecular weight excluding hydrogens is 588 g/mol. The second-order valence-electron chi connectivity index (χ2n) is 11.3. The fourth-order valence-electron chi connectivity index (χ4n) is 4.96. The summed E-state index contributed by atoms with van der Waals surface area (Å²) in [5.74, 6) is 0.920. The van der Waals surface area contributed by atoms with E-state index in [1.165, 1.54) is 31.9 Å². The van der Waals surface area contributed by atoms with Crippen LogP contribution in [0.15, 0.2) is 140 Å². The first kappa shape index (κ1) is 34.1. The van der Waals surface area contributed by atoms with Crippen molar-refractivity contribution in [1.82, 2.24) is 0 Å². The smallest absolute Gasteiger partial charge is 0.308 e. The number of carbonyl (C=O) groups is 3. The predicted octanol–water partition coefficient (Wildman–Crippen LogP) is 9.47. The maximum absolute atomic E-state index is 10.9. The number of hydrogen-bond donors (Lipinski definition) is 0. The highest BCUT2D eigenvalue weighted by Crippen LogP contribution is 2.32. The summed E-state index contributed by atoms with van der Waals surface area (Å²) in [5, 5.41) is 4.26. The van der Waals surface area contributed by atoms with Crippen molar-refractivity contribution in [2.45, 2.75) is 40.0 Å². The van der Waals surface area contributed by atoms with Gasteiger partial charge in [-0.3, -0.25) is 14.4 Å². The van der Waals surface area contributed by atoms with Crippen molar-refractivity contribution in [2.75, 3.05) is 0 Å². The summed E-state index contributed by atoms with van der Waals surface area (Å²) < 4.78 is 15.1. The molecule has 0 saturated heterocycles. The molecule has 0 N–H and O–H groups in total. The van der Waals surface area contributed by atoms with E-state index in [-0.39, 0.29) is 23.3 Å². The van der Waals surface area contributed by atoms with E-state index >= 15 is 0 Å². The molecule has 0 radical (unpaired) electrons. The average molecular weight is 627 g/mol. The molecule has 0 aliphatic carbocycles. The number of rotatable bonds is 5. The summed E-state index contributed by atoms with van der Waals surface area (Å²) in [7, 11) is 0. The van der Waals surface area contributed by atoms with Gasteiger partial charge in [0, 0.05) is 31.6 Å². The van der Waals surface area contributed by atoms with Crippen LogP contribution in [0.3, 0.4) is 0 Å². The fourth-order valence-corrected chi connectivity index (χ4v) is 4.96. The molecule has 6 aromatic rings. The van der Waals surface area contributed by atoms with Crippen molar-refractivity contribution in [2.24, 2.45) is 0 Å². The lowest BCUT2D eigenvalue weighted by Gasteiger charge is -2.26. The van der Waals surface area contributed by atoms with E-state index in [2.05, 4.69) is 26.0 Å². The molecule has 6 heteroatoms. The van der Waals surface area contributed by atoms with Gasteiger partial charge in [0.25, 0.3) is 0 Å². The molecule has 0 fully saturated rings. The van der Waals surface area contributed by atoms with Crippen LogP contribution in [0, 0.1) is 0 Å². The van der Waals surface area contributed by atoms with Crippen molar-refractivity contribution in [3.8, 4) is 17.2 Å². The summed E-state index contributed by atoms with van der Waals surface area (Å²) in [5.41, 5.74) is 2.38. The Morgan fingerprint density at radius 3 is 1.57 bits per heavy atom. The second kappa shape index (κ2) is 16.0. The number of benzene rings is 6. The van der Waals surface area contributed by atoms with Crippen LogP contribution in [0.4, 0.5) is 0 Å². The highest BCUT2D eigenvalue weighted by atomic mass is 16.5. The van der Waals surface area contributed by atoms with Gasteiger partial charge < -0.3 is 14.2 Å². The van der Waals surface area contributed by atoms with Crippen LogP contribution < -0.4 is 14.2 Å². The molecule has 6 nitrogen and oxygen atoms in total. The zero-order valence-corrected chi connectivity index (χ0v) is 27.2. The Bertz CT molecular complexity index is 1950. The number of hydrogen-bond acceptors (Lipinski definition) is 6. The minimum Gasteiger partial charge on any atom is -0.427 e. The maximum atomic E-state index is 10.9. The lowest BCUT2D eigenvalue weighted by Crippen LogP contribution is -2.18. The Morgan fingerprint density at radius 2 is 0.936 bits per heavy atom. The molecule has 238 valence electrons. The third-order valence-corrected chi connectivity index (χ3v) is 7.32. The van der Waals surface area contributed by atoms with Gasteiger partial charge in [0.15, 0.2) is 0 Å². The lowest BCUT2D eigenvalue weighted by molar-refractivity contribution is -0.132. The molecule has 0 saturated carbocycles. The van der Waals surface area contributed by atoms with E-state index in [9.17, 15) is 14.4 Å². The molecule has 0 bridgehead atoms.